The van der Waals surface area contributed by atoms with Crippen LogP contribution < -0.4 is 5.32 Å². The molecule has 5 rings (SSSR count). The van der Waals surface area contributed by atoms with Gasteiger partial charge in [0, 0.05) is 35.9 Å². The van der Waals surface area contributed by atoms with E-state index in [1.807, 2.05) is 25.9 Å². The first-order valence-corrected chi connectivity index (χ1v) is 20.3. The number of rotatable bonds is 7. The second kappa shape index (κ2) is 18.0. The van der Waals surface area contributed by atoms with E-state index in [4.69, 9.17) is 23.7 Å². The highest BCUT2D eigenvalue weighted by atomic mass is 16.7. The number of nitrogens with one attached hydrogen (secondary N) is 1. The number of ketones is 2. The number of benzene rings is 1. The molecule has 1 aromatic carbocycles. The number of hydrogen-bond acceptors (Lipinski definition) is 15. The Bertz CT molecular complexity index is 1820. The van der Waals surface area contributed by atoms with E-state index in [2.05, 4.69) is 10.3 Å². The topological polar surface area (TPSA) is 226 Å². The lowest BCUT2D eigenvalue weighted by atomic mass is 9.73. The molecule has 2 N–H and O–H groups in total. The normalized spacial score (nSPS) is 38.2. The van der Waals surface area contributed by atoms with Crippen LogP contribution in [0.4, 0.5) is 15.3 Å². The van der Waals surface area contributed by atoms with Gasteiger partial charge in [-0.25, -0.2) is 9.59 Å². The van der Waals surface area contributed by atoms with Crippen LogP contribution in [0.2, 0.25) is 0 Å². The third-order valence-electron chi connectivity index (χ3n) is 12.4. The van der Waals surface area contributed by atoms with Gasteiger partial charge in [-0.15, -0.1) is 0 Å². The monoisotopic (exact) mass is 829 g/mol. The zero-order chi connectivity index (χ0) is 43.7. The average molecular weight is 830 g/mol. The Morgan fingerprint density at radius 3 is 2.39 bits per heavy atom. The zero-order valence-corrected chi connectivity index (χ0v) is 35.5. The Kier molecular flexibility index (Phi) is 13.9. The maximum Gasteiger partial charge on any atom is 0.411 e. The third-order valence-corrected chi connectivity index (χ3v) is 12.4. The van der Waals surface area contributed by atoms with Crippen molar-refractivity contribution < 1.29 is 57.7 Å². The smallest absolute Gasteiger partial charge is 0.411 e. The highest BCUT2D eigenvalue weighted by molar-refractivity contribution is 6.00. The summed E-state index contributed by atoms with van der Waals surface area (Å²) in [6.45, 7) is 12.4. The SMILES string of the molecule is CC[C@H]1OC(=O)[C@H](C)C(=O)[C@H](C)[C@@H](O[C@@H]2O[C@H](C)C[C@H](N(C)C)[C@H]2O)[C@@]2(C)C[C@@H](C)C(=O)[C@H](C)[C@@H]3N(CC(=NCc4cccc([N+](=O)[O-])c4)CNC(=O)O2)C(=O)O[C@@]31C. The van der Waals surface area contributed by atoms with Crippen molar-refractivity contribution in [3.8, 4) is 0 Å². The number of Topliss-reactive ketones (excluding diaryl/α,β-unsaturated/α-hetero) is 2. The standard InChI is InChI=1S/C41H59N5O13/c1-11-30-41(8)34-23(4)31(47)21(2)17-40(7,35(24(5)32(48)25(6)36(50)56-30)57-37-33(49)29(44(9)10)15-22(3)55-37)58-38(51)43-19-27(20-45(34)39(52)59-41)42-18-26-13-12-14-28(16-26)46(53)54/h12-14,16,21-25,29-30,33-35,37,49H,11,15,17-20H2,1-10H3,(H,43,51)/t21-,22-,23+,24+,25-,29+,30-,33-,34+,35-,37+,40-,41-/m1/s1. The van der Waals surface area contributed by atoms with E-state index in [0.717, 1.165) is 0 Å². The van der Waals surface area contributed by atoms with Gasteiger partial charge in [0.25, 0.3) is 5.69 Å². The van der Waals surface area contributed by atoms with E-state index < -0.39 is 100 Å². The molecule has 0 aromatic heterocycles. The molecule has 18 nitrogen and oxygen atoms in total. The number of fused-ring (bicyclic) bond motifs is 4. The molecule has 4 saturated heterocycles. The molecular formula is C41H59N5O13. The molecule has 4 aliphatic rings. The molecular weight excluding hydrogens is 770 g/mol. The molecule has 2 bridgehead atoms. The van der Waals surface area contributed by atoms with Gasteiger partial charge in [-0.3, -0.25) is 34.4 Å². The molecule has 0 radical (unpaired) electrons. The number of nitro benzene ring substituents is 1. The molecule has 0 unspecified atom stereocenters. The lowest BCUT2D eigenvalue weighted by Crippen LogP contribution is -2.60. The van der Waals surface area contributed by atoms with Gasteiger partial charge in [0.05, 0.1) is 42.4 Å². The van der Waals surface area contributed by atoms with Gasteiger partial charge in [0.15, 0.2) is 17.7 Å². The molecule has 59 heavy (non-hydrogen) atoms. The fourth-order valence-electron chi connectivity index (χ4n) is 9.29. The van der Waals surface area contributed by atoms with Crippen molar-refractivity contribution in [1.82, 2.24) is 15.1 Å². The van der Waals surface area contributed by atoms with Crippen LogP contribution in [0.25, 0.3) is 0 Å². The number of aliphatic hydroxyl groups is 1. The largest absolute Gasteiger partial charge is 0.458 e. The minimum Gasteiger partial charge on any atom is -0.458 e. The molecule has 0 spiro atoms. The van der Waals surface area contributed by atoms with Crippen LogP contribution >= 0.6 is 0 Å². The summed E-state index contributed by atoms with van der Waals surface area (Å²) in [5.41, 5.74) is -2.81. The molecule has 2 amide bonds. The lowest BCUT2D eigenvalue weighted by molar-refractivity contribution is -0.384. The highest BCUT2D eigenvalue weighted by Crippen LogP contribution is 2.43. The number of hydrogen-bond donors (Lipinski definition) is 2. The van der Waals surface area contributed by atoms with Crippen molar-refractivity contribution >= 4 is 41.1 Å². The average Bonchev–Trinajstić information content (AvgIpc) is 3.44. The predicted molar refractivity (Wildman–Crippen MR) is 211 cm³/mol. The van der Waals surface area contributed by atoms with E-state index in [1.165, 1.54) is 43.9 Å². The van der Waals surface area contributed by atoms with Gasteiger partial charge < -0.3 is 39.0 Å². The zero-order valence-electron chi connectivity index (χ0n) is 35.5. The summed E-state index contributed by atoms with van der Waals surface area (Å²) >= 11 is 0. The number of cyclic esters (lactones) is 1. The van der Waals surface area contributed by atoms with Crippen LogP contribution in [0.1, 0.15) is 80.2 Å². The van der Waals surface area contributed by atoms with E-state index in [-0.39, 0.29) is 55.8 Å². The molecule has 13 atom stereocenters. The Morgan fingerprint density at radius 2 is 1.75 bits per heavy atom. The summed E-state index contributed by atoms with van der Waals surface area (Å²) in [6.07, 6.45) is -6.74. The quantitative estimate of drug-likeness (QED) is 0.131. The number of carbonyl (C=O) groups is 5. The van der Waals surface area contributed by atoms with Crippen LogP contribution in [-0.2, 0) is 44.6 Å². The first-order valence-electron chi connectivity index (χ1n) is 20.3. The van der Waals surface area contributed by atoms with Gasteiger partial charge in [-0.05, 0) is 66.6 Å². The lowest BCUT2D eigenvalue weighted by Gasteiger charge is -2.47. The number of aliphatic hydroxyl groups excluding tert-OH is 1. The van der Waals surface area contributed by atoms with Crippen LogP contribution in [0.5, 0.6) is 0 Å². The van der Waals surface area contributed by atoms with Gasteiger partial charge >= 0.3 is 18.2 Å². The van der Waals surface area contributed by atoms with Crippen molar-refractivity contribution in [2.45, 2.75) is 135 Å². The van der Waals surface area contributed by atoms with E-state index >= 15 is 0 Å². The summed E-state index contributed by atoms with van der Waals surface area (Å²) in [5, 5.41) is 25.8. The minimum atomic E-state index is -1.79. The molecule has 0 saturated carbocycles. The molecule has 4 fully saturated rings. The first-order chi connectivity index (χ1) is 27.6. The molecule has 4 heterocycles. The minimum absolute atomic E-state index is 0.0689. The van der Waals surface area contributed by atoms with Gasteiger partial charge in [-0.1, -0.05) is 39.8 Å². The van der Waals surface area contributed by atoms with Crippen LogP contribution in [-0.4, -0.2) is 136 Å². The Balaban J connectivity index is 1.69. The van der Waals surface area contributed by atoms with Gasteiger partial charge in [0.1, 0.15) is 35.6 Å². The van der Waals surface area contributed by atoms with E-state index in [9.17, 15) is 39.2 Å². The van der Waals surface area contributed by atoms with Crippen LogP contribution in [0.15, 0.2) is 29.3 Å². The Morgan fingerprint density at radius 1 is 1.05 bits per heavy atom. The summed E-state index contributed by atoms with van der Waals surface area (Å²) in [4.78, 5) is 90.0. The maximum absolute atomic E-state index is 14.8. The summed E-state index contributed by atoms with van der Waals surface area (Å²) in [6, 6.07) is 4.44. The number of aliphatic imine (C=N–C) groups is 1. The number of alkyl carbamates (subject to hydrolysis) is 1. The van der Waals surface area contributed by atoms with Crippen molar-refractivity contribution in [2.24, 2.45) is 28.7 Å². The molecule has 4 aliphatic heterocycles. The third kappa shape index (κ3) is 9.45. The summed E-state index contributed by atoms with van der Waals surface area (Å²) < 4.78 is 31.1. The van der Waals surface area contributed by atoms with Crippen molar-refractivity contribution in [3.05, 3.63) is 39.9 Å². The Hall–Kier alpha value is -4.52. The maximum atomic E-state index is 14.8. The molecule has 1 aromatic rings. The number of amides is 2. The molecule has 326 valence electrons. The number of nitrogens with zero attached hydrogens (tertiary/aromatic N) is 4. The molecule has 0 aliphatic carbocycles. The number of esters is 1. The number of nitro groups is 1. The van der Waals surface area contributed by atoms with Crippen LogP contribution in [0.3, 0.4) is 0 Å². The van der Waals surface area contributed by atoms with Crippen molar-refractivity contribution in [3.63, 3.8) is 0 Å². The van der Waals surface area contributed by atoms with Crippen molar-refractivity contribution in [2.75, 3.05) is 27.2 Å². The van der Waals surface area contributed by atoms with Crippen LogP contribution in [0, 0.1) is 33.8 Å². The second-order valence-electron chi connectivity index (χ2n) is 17.2. The van der Waals surface area contributed by atoms with Crippen molar-refractivity contribution in [1.29, 1.82) is 0 Å². The van der Waals surface area contributed by atoms with E-state index in [0.29, 0.717) is 12.0 Å². The number of ether oxygens (including phenoxy) is 5. The Labute approximate surface area is 344 Å². The first kappa shape index (κ1) is 45.6. The highest BCUT2D eigenvalue weighted by Gasteiger charge is 2.61. The van der Waals surface area contributed by atoms with Gasteiger partial charge in [-0.2, -0.15) is 0 Å². The van der Waals surface area contributed by atoms with E-state index in [1.54, 1.807) is 33.8 Å². The number of non-ortho nitro benzene ring substituents is 1. The fourth-order valence-corrected chi connectivity index (χ4v) is 9.29. The number of likely N-dealkylation sites (N-methyl/N-ethyl adjacent to an activating group) is 1. The van der Waals surface area contributed by atoms with Gasteiger partial charge in [0.2, 0.25) is 0 Å². The fraction of sp³-hybridized carbons (Fsp3) is 0.707. The second-order valence-corrected chi connectivity index (χ2v) is 17.2. The number of carbonyl (C=O) groups excluding carboxylic acids is 5. The summed E-state index contributed by atoms with van der Waals surface area (Å²) in [5.74, 6) is -6.26. The molecule has 18 heteroatoms. The summed E-state index contributed by atoms with van der Waals surface area (Å²) in [7, 11) is 3.62. The predicted octanol–water partition coefficient (Wildman–Crippen LogP) is 3.83.